The quantitative estimate of drug-likeness (QED) is 0.806. The Hall–Kier alpha value is -1.10. The van der Waals surface area contributed by atoms with Crippen molar-refractivity contribution >= 4 is 11.9 Å². The van der Waals surface area contributed by atoms with E-state index in [0.29, 0.717) is 11.8 Å². The van der Waals surface area contributed by atoms with Crippen molar-refractivity contribution in [2.75, 3.05) is 13.6 Å². The summed E-state index contributed by atoms with van der Waals surface area (Å²) in [7, 11) is 1.67. The number of carboxylic acids is 1. The Kier molecular flexibility index (Phi) is 5.57. The van der Waals surface area contributed by atoms with Crippen LogP contribution in [-0.2, 0) is 9.59 Å². The van der Waals surface area contributed by atoms with Gasteiger partial charge < -0.3 is 10.4 Å². The van der Waals surface area contributed by atoms with Gasteiger partial charge in [0.25, 0.3) is 0 Å². The first kappa shape index (κ1) is 17.0. The highest BCUT2D eigenvalue weighted by Gasteiger charge is 2.34. The Balaban J connectivity index is 2.53. The molecular formula is C15H28N2O3. The molecule has 1 aliphatic rings. The number of hydrogen-bond acceptors (Lipinski definition) is 3. The summed E-state index contributed by atoms with van der Waals surface area (Å²) < 4.78 is 0. The highest BCUT2D eigenvalue weighted by molar-refractivity contribution is 5.81. The largest absolute Gasteiger partial charge is 0.480 e. The molecule has 20 heavy (non-hydrogen) atoms. The predicted molar refractivity (Wildman–Crippen MR) is 78.5 cm³/mol. The SMILES string of the molecule is CC1CCCC(NC(=O)CN(C)C(C)(C)C(=O)O)C1C. The molecule has 0 spiro atoms. The summed E-state index contributed by atoms with van der Waals surface area (Å²) in [5.74, 6) is 0.0907. The lowest BCUT2D eigenvalue weighted by Gasteiger charge is -2.36. The third-order valence-electron chi connectivity index (χ3n) is 4.91. The summed E-state index contributed by atoms with van der Waals surface area (Å²) in [4.78, 5) is 24.8. The fraction of sp³-hybridized carbons (Fsp3) is 0.867. The molecule has 1 aliphatic carbocycles. The molecule has 0 aromatic carbocycles. The van der Waals surface area contributed by atoms with Gasteiger partial charge in [-0.3, -0.25) is 14.5 Å². The Morgan fingerprint density at radius 3 is 2.45 bits per heavy atom. The fourth-order valence-electron chi connectivity index (χ4n) is 2.61. The van der Waals surface area contributed by atoms with E-state index in [2.05, 4.69) is 19.2 Å². The lowest BCUT2D eigenvalue weighted by atomic mass is 9.78. The van der Waals surface area contributed by atoms with Crippen LogP contribution in [0.5, 0.6) is 0 Å². The first-order valence-electron chi connectivity index (χ1n) is 7.40. The molecule has 0 aliphatic heterocycles. The summed E-state index contributed by atoms with van der Waals surface area (Å²) in [6.07, 6.45) is 3.38. The van der Waals surface area contributed by atoms with Gasteiger partial charge in [-0.1, -0.05) is 26.7 Å². The van der Waals surface area contributed by atoms with Crippen molar-refractivity contribution in [2.45, 2.75) is 58.5 Å². The Morgan fingerprint density at radius 2 is 1.90 bits per heavy atom. The van der Waals surface area contributed by atoms with E-state index in [9.17, 15) is 9.59 Å². The fourth-order valence-corrected chi connectivity index (χ4v) is 2.61. The predicted octanol–water partition coefficient (Wildman–Crippen LogP) is 1.72. The third-order valence-corrected chi connectivity index (χ3v) is 4.91. The number of carbonyl (C=O) groups is 2. The zero-order valence-corrected chi connectivity index (χ0v) is 13.3. The molecule has 0 heterocycles. The van der Waals surface area contributed by atoms with Gasteiger partial charge in [0, 0.05) is 6.04 Å². The molecule has 3 atom stereocenters. The van der Waals surface area contributed by atoms with Crippen molar-refractivity contribution in [3.63, 3.8) is 0 Å². The number of likely N-dealkylation sites (N-methyl/N-ethyl adjacent to an activating group) is 1. The smallest absolute Gasteiger partial charge is 0.323 e. The summed E-state index contributed by atoms with van der Waals surface area (Å²) in [5.41, 5.74) is -1.04. The Morgan fingerprint density at radius 1 is 1.30 bits per heavy atom. The molecule has 0 aromatic heterocycles. The number of carbonyl (C=O) groups excluding carboxylic acids is 1. The molecule has 0 saturated heterocycles. The van der Waals surface area contributed by atoms with Crippen LogP contribution >= 0.6 is 0 Å². The van der Waals surface area contributed by atoms with Gasteiger partial charge in [-0.15, -0.1) is 0 Å². The van der Waals surface area contributed by atoms with Crippen LogP contribution < -0.4 is 5.32 Å². The molecule has 2 N–H and O–H groups in total. The Bertz CT molecular complexity index is 368. The van der Waals surface area contributed by atoms with Gasteiger partial charge in [-0.2, -0.15) is 0 Å². The number of nitrogens with zero attached hydrogens (tertiary/aromatic N) is 1. The highest BCUT2D eigenvalue weighted by Crippen LogP contribution is 2.29. The standard InChI is InChI=1S/C15H28N2O3/c1-10-7-6-8-12(11(10)2)16-13(18)9-17(5)15(3,4)14(19)20/h10-12H,6-9H2,1-5H3,(H,16,18)(H,19,20). The number of hydrogen-bond donors (Lipinski definition) is 2. The van der Waals surface area contributed by atoms with Gasteiger partial charge in [0.2, 0.25) is 5.91 Å². The van der Waals surface area contributed by atoms with Gasteiger partial charge in [0.05, 0.1) is 6.54 Å². The van der Waals surface area contributed by atoms with Crippen LogP contribution in [-0.4, -0.2) is 47.1 Å². The Labute approximate surface area is 121 Å². The van der Waals surface area contributed by atoms with E-state index < -0.39 is 11.5 Å². The number of carboxylic acid groups (broad SMARTS) is 1. The maximum Gasteiger partial charge on any atom is 0.323 e. The molecule has 116 valence electrons. The first-order valence-corrected chi connectivity index (χ1v) is 7.40. The average molecular weight is 284 g/mol. The molecule has 0 radical (unpaired) electrons. The first-order chi connectivity index (χ1) is 9.16. The van der Waals surface area contributed by atoms with E-state index >= 15 is 0 Å². The zero-order chi connectivity index (χ0) is 15.5. The molecule has 0 bridgehead atoms. The van der Waals surface area contributed by atoms with Crippen molar-refractivity contribution in [2.24, 2.45) is 11.8 Å². The monoisotopic (exact) mass is 284 g/mol. The second-order valence-corrected chi connectivity index (χ2v) is 6.66. The zero-order valence-electron chi connectivity index (χ0n) is 13.3. The van der Waals surface area contributed by atoms with E-state index in [0.717, 1.165) is 12.8 Å². The van der Waals surface area contributed by atoms with E-state index in [-0.39, 0.29) is 18.5 Å². The summed E-state index contributed by atoms with van der Waals surface area (Å²) >= 11 is 0. The summed E-state index contributed by atoms with van der Waals surface area (Å²) in [6, 6.07) is 0.215. The van der Waals surface area contributed by atoms with Gasteiger partial charge >= 0.3 is 5.97 Å². The highest BCUT2D eigenvalue weighted by atomic mass is 16.4. The molecule has 1 amide bonds. The minimum Gasteiger partial charge on any atom is -0.480 e. The normalized spacial score (nSPS) is 27.4. The molecule has 0 aromatic rings. The van der Waals surface area contributed by atoms with Gasteiger partial charge in [-0.25, -0.2) is 0 Å². The van der Waals surface area contributed by atoms with Gasteiger partial charge in [0.15, 0.2) is 0 Å². The summed E-state index contributed by atoms with van der Waals surface area (Å²) in [5, 5.41) is 12.2. The van der Waals surface area contributed by atoms with Crippen LogP contribution in [0.25, 0.3) is 0 Å². The minimum atomic E-state index is -1.04. The molecule has 1 rings (SSSR count). The van der Waals surface area contributed by atoms with E-state index in [1.807, 2.05) is 0 Å². The maximum atomic E-state index is 12.1. The minimum absolute atomic E-state index is 0.0900. The van der Waals surface area contributed by atoms with Crippen LogP contribution in [0.2, 0.25) is 0 Å². The van der Waals surface area contributed by atoms with Gasteiger partial charge in [0.1, 0.15) is 5.54 Å². The number of amides is 1. The molecule has 1 saturated carbocycles. The summed E-state index contributed by atoms with van der Waals surface area (Å²) in [6.45, 7) is 7.72. The third kappa shape index (κ3) is 3.95. The van der Waals surface area contributed by atoms with Crippen molar-refractivity contribution in [3.05, 3.63) is 0 Å². The number of rotatable bonds is 5. The van der Waals surface area contributed by atoms with Crippen LogP contribution in [0.4, 0.5) is 0 Å². The van der Waals surface area contributed by atoms with E-state index in [4.69, 9.17) is 5.11 Å². The van der Waals surface area contributed by atoms with Crippen molar-refractivity contribution < 1.29 is 14.7 Å². The van der Waals surface area contributed by atoms with Crippen LogP contribution in [0, 0.1) is 11.8 Å². The topological polar surface area (TPSA) is 69.6 Å². The number of nitrogens with one attached hydrogen (secondary N) is 1. The van der Waals surface area contributed by atoms with Crippen molar-refractivity contribution in [1.29, 1.82) is 0 Å². The van der Waals surface area contributed by atoms with Crippen molar-refractivity contribution in [3.8, 4) is 0 Å². The number of aliphatic carboxylic acids is 1. The molecule has 5 heteroatoms. The van der Waals surface area contributed by atoms with Crippen LogP contribution in [0.1, 0.15) is 47.0 Å². The lowest BCUT2D eigenvalue weighted by Crippen LogP contribution is -2.53. The second kappa shape index (κ2) is 6.57. The van der Waals surface area contributed by atoms with Crippen LogP contribution in [0.15, 0.2) is 0 Å². The average Bonchev–Trinajstić information content (AvgIpc) is 2.34. The van der Waals surface area contributed by atoms with E-state index in [1.165, 1.54) is 6.42 Å². The molecule has 3 unspecified atom stereocenters. The van der Waals surface area contributed by atoms with Crippen molar-refractivity contribution in [1.82, 2.24) is 10.2 Å². The lowest BCUT2D eigenvalue weighted by molar-refractivity contribution is -0.149. The van der Waals surface area contributed by atoms with E-state index in [1.54, 1.807) is 25.8 Å². The maximum absolute atomic E-state index is 12.1. The van der Waals surface area contributed by atoms with Crippen LogP contribution in [0.3, 0.4) is 0 Å². The van der Waals surface area contributed by atoms with Gasteiger partial charge in [-0.05, 0) is 39.2 Å². The second-order valence-electron chi connectivity index (χ2n) is 6.66. The molecule has 5 nitrogen and oxygen atoms in total. The molecular weight excluding hydrogens is 256 g/mol. The molecule has 1 fully saturated rings.